The van der Waals surface area contributed by atoms with Crippen molar-refractivity contribution in [1.29, 1.82) is 0 Å². The van der Waals surface area contributed by atoms with Crippen molar-refractivity contribution in [2.75, 3.05) is 13.1 Å². The Morgan fingerprint density at radius 1 is 1.11 bits per heavy atom. The van der Waals surface area contributed by atoms with Gasteiger partial charge in [0, 0.05) is 31.2 Å². The molecule has 1 amide bonds. The largest absolute Gasteiger partial charge is 0.337 e. The number of benzene rings is 1. The van der Waals surface area contributed by atoms with Gasteiger partial charge in [-0.2, -0.15) is 0 Å². The zero-order chi connectivity index (χ0) is 19.3. The molecule has 144 valence electrons. The van der Waals surface area contributed by atoms with Crippen LogP contribution in [0.5, 0.6) is 0 Å². The van der Waals surface area contributed by atoms with Crippen LogP contribution in [-0.4, -0.2) is 44.4 Å². The normalized spacial score (nSPS) is 21.8. The lowest BCUT2D eigenvalue weighted by Gasteiger charge is -2.38. The van der Waals surface area contributed by atoms with Crippen LogP contribution >= 0.6 is 11.3 Å². The molecule has 2 aliphatic heterocycles. The summed E-state index contributed by atoms with van der Waals surface area (Å²) in [5.41, 5.74) is 4.41. The molecular formula is C22H24N4OS. The first-order chi connectivity index (χ1) is 13.6. The summed E-state index contributed by atoms with van der Waals surface area (Å²) in [5, 5.41) is 3.12. The Morgan fingerprint density at radius 3 is 2.75 bits per heavy atom. The second-order valence-electron chi connectivity index (χ2n) is 7.91. The van der Waals surface area contributed by atoms with E-state index < -0.39 is 0 Å². The van der Waals surface area contributed by atoms with Crippen molar-refractivity contribution in [3.05, 3.63) is 75.5 Å². The van der Waals surface area contributed by atoms with Gasteiger partial charge in [0.1, 0.15) is 5.69 Å². The summed E-state index contributed by atoms with van der Waals surface area (Å²) in [5.74, 6) is 0.120. The topological polar surface area (TPSA) is 41.4 Å². The molecule has 5 nitrogen and oxygen atoms in total. The maximum atomic E-state index is 13.2. The summed E-state index contributed by atoms with van der Waals surface area (Å²) in [4.78, 5) is 22.3. The van der Waals surface area contributed by atoms with E-state index in [9.17, 15) is 4.79 Å². The molecule has 0 radical (unpaired) electrons. The third-order valence-corrected chi connectivity index (χ3v) is 6.66. The fourth-order valence-corrected chi connectivity index (χ4v) is 5.23. The number of thiazole rings is 1. The highest BCUT2D eigenvalue weighted by molar-refractivity contribution is 7.09. The number of hydrogen-bond acceptors (Lipinski definition) is 4. The number of hydrogen-bond donors (Lipinski definition) is 0. The van der Waals surface area contributed by atoms with Crippen molar-refractivity contribution in [2.45, 2.75) is 39.0 Å². The van der Waals surface area contributed by atoms with Crippen LogP contribution in [0.25, 0.3) is 0 Å². The maximum Gasteiger partial charge on any atom is 0.271 e. The van der Waals surface area contributed by atoms with Gasteiger partial charge in [-0.3, -0.25) is 9.69 Å². The highest BCUT2D eigenvalue weighted by Crippen LogP contribution is 2.35. The molecule has 5 rings (SSSR count). The minimum Gasteiger partial charge on any atom is -0.337 e. The Morgan fingerprint density at radius 2 is 1.96 bits per heavy atom. The van der Waals surface area contributed by atoms with E-state index in [0.29, 0.717) is 12.6 Å². The Labute approximate surface area is 169 Å². The molecular weight excluding hydrogens is 368 g/mol. The average Bonchev–Trinajstić information content (AvgIpc) is 3.38. The lowest BCUT2D eigenvalue weighted by Crippen LogP contribution is -2.49. The molecule has 2 aromatic heterocycles. The molecule has 1 fully saturated rings. The first-order valence-electron chi connectivity index (χ1n) is 9.75. The second kappa shape index (κ2) is 6.87. The molecule has 1 saturated heterocycles. The first kappa shape index (κ1) is 17.6. The van der Waals surface area contributed by atoms with Gasteiger partial charge < -0.3 is 9.47 Å². The van der Waals surface area contributed by atoms with Crippen LogP contribution in [0, 0.1) is 13.8 Å². The number of likely N-dealkylation sites (tertiary alicyclic amines) is 1. The van der Waals surface area contributed by atoms with E-state index in [2.05, 4.69) is 57.2 Å². The SMILES string of the molecule is Cc1cccc(CN2C[C@@H]3[C@H](C2)n2cccc2C(=O)N3Cc2csc(C)n2)c1. The third kappa shape index (κ3) is 3.06. The highest BCUT2D eigenvalue weighted by Gasteiger charge is 2.44. The van der Waals surface area contributed by atoms with Crippen molar-refractivity contribution in [1.82, 2.24) is 19.4 Å². The van der Waals surface area contributed by atoms with Gasteiger partial charge in [-0.25, -0.2) is 4.98 Å². The van der Waals surface area contributed by atoms with E-state index in [-0.39, 0.29) is 11.9 Å². The van der Waals surface area contributed by atoms with Crippen LogP contribution in [0.4, 0.5) is 0 Å². The number of fused-ring (bicyclic) bond motifs is 3. The molecule has 2 aliphatic rings. The minimum atomic E-state index is 0.120. The molecule has 3 aromatic rings. The summed E-state index contributed by atoms with van der Waals surface area (Å²) in [6, 6.07) is 13.1. The number of aryl methyl sites for hydroxylation is 2. The maximum absolute atomic E-state index is 13.2. The molecule has 0 spiro atoms. The number of nitrogens with zero attached hydrogens (tertiary/aromatic N) is 4. The van der Waals surface area contributed by atoms with Crippen molar-refractivity contribution < 1.29 is 4.79 Å². The molecule has 1 aromatic carbocycles. The first-order valence-corrected chi connectivity index (χ1v) is 10.6. The van der Waals surface area contributed by atoms with E-state index in [0.717, 1.165) is 36.0 Å². The smallest absolute Gasteiger partial charge is 0.271 e. The summed E-state index contributed by atoms with van der Waals surface area (Å²) in [6.45, 7) is 7.51. The average molecular weight is 393 g/mol. The fraction of sp³-hybridized carbons (Fsp3) is 0.364. The van der Waals surface area contributed by atoms with Crippen LogP contribution in [0.3, 0.4) is 0 Å². The lowest BCUT2D eigenvalue weighted by molar-refractivity contribution is 0.0553. The molecule has 0 aliphatic carbocycles. The second-order valence-corrected chi connectivity index (χ2v) is 8.97. The van der Waals surface area contributed by atoms with Gasteiger partial charge in [-0.15, -0.1) is 11.3 Å². The monoisotopic (exact) mass is 392 g/mol. The van der Waals surface area contributed by atoms with Crippen molar-refractivity contribution >= 4 is 17.2 Å². The summed E-state index contributed by atoms with van der Waals surface area (Å²) < 4.78 is 2.19. The van der Waals surface area contributed by atoms with Crippen molar-refractivity contribution in [3.63, 3.8) is 0 Å². The Balaban J connectivity index is 1.43. The lowest BCUT2D eigenvalue weighted by atomic mass is 10.1. The van der Waals surface area contributed by atoms with E-state index in [4.69, 9.17) is 0 Å². The number of rotatable bonds is 4. The Bertz CT molecular complexity index is 1020. The molecule has 6 heteroatoms. The van der Waals surface area contributed by atoms with Gasteiger partial charge >= 0.3 is 0 Å². The Hall–Kier alpha value is -2.44. The molecule has 0 N–H and O–H groups in total. The van der Waals surface area contributed by atoms with E-state index in [1.807, 2.05) is 24.0 Å². The van der Waals surface area contributed by atoms with E-state index in [1.165, 1.54) is 11.1 Å². The minimum absolute atomic E-state index is 0.120. The highest BCUT2D eigenvalue weighted by atomic mass is 32.1. The third-order valence-electron chi connectivity index (χ3n) is 5.84. The van der Waals surface area contributed by atoms with Gasteiger partial charge in [0.2, 0.25) is 0 Å². The number of aromatic nitrogens is 2. The summed E-state index contributed by atoms with van der Waals surface area (Å²) in [7, 11) is 0. The predicted molar refractivity (Wildman–Crippen MR) is 110 cm³/mol. The molecule has 28 heavy (non-hydrogen) atoms. The standard InChI is InChI=1S/C22H24N4OS/c1-15-5-3-6-17(9-15)10-24-12-20-21(13-24)26(11-18-14-28-16(2)23-18)22(27)19-7-4-8-25(19)20/h3-9,14,20-21H,10-13H2,1-2H3/t20-,21+/m0/s1. The summed E-state index contributed by atoms with van der Waals surface area (Å²) in [6.07, 6.45) is 2.06. The number of carbonyl (C=O) groups is 1. The Kier molecular flexibility index (Phi) is 4.33. The molecule has 0 bridgehead atoms. The summed E-state index contributed by atoms with van der Waals surface area (Å²) >= 11 is 1.65. The van der Waals surface area contributed by atoms with E-state index in [1.54, 1.807) is 11.3 Å². The quantitative estimate of drug-likeness (QED) is 0.681. The predicted octanol–water partition coefficient (Wildman–Crippen LogP) is 3.64. The number of carbonyl (C=O) groups excluding carboxylic acids is 1. The fourth-order valence-electron chi connectivity index (χ4n) is 4.63. The van der Waals surface area contributed by atoms with Crippen LogP contribution < -0.4 is 0 Å². The molecule has 0 unspecified atom stereocenters. The zero-order valence-electron chi connectivity index (χ0n) is 16.2. The van der Waals surface area contributed by atoms with Gasteiger partial charge in [-0.05, 0) is 31.5 Å². The molecule has 4 heterocycles. The molecule has 0 saturated carbocycles. The zero-order valence-corrected chi connectivity index (χ0v) is 17.0. The van der Waals surface area contributed by atoms with Crippen LogP contribution in [0.15, 0.2) is 48.0 Å². The van der Waals surface area contributed by atoms with Gasteiger partial charge in [0.05, 0.1) is 29.3 Å². The van der Waals surface area contributed by atoms with Crippen molar-refractivity contribution in [3.8, 4) is 0 Å². The number of amides is 1. The van der Waals surface area contributed by atoms with Crippen LogP contribution in [0.1, 0.15) is 38.4 Å². The van der Waals surface area contributed by atoms with Gasteiger partial charge in [-0.1, -0.05) is 29.8 Å². The molecule has 2 atom stereocenters. The van der Waals surface area contributed by atoms with Crippen LogP contribution in [0.2, 0.25) is 0 Å². The van der Waals surface area contributed by atoms with E-state index >= 15 is 0 Å². The van der Waals surface area contributed by atoms with Gasteiger partial charge in [0.15, 0.2) is 0 Å². The van der Waals surface area contributed by atoms with Crippen LogP contribution in [-0.2, 0) is 13.1 Å². The van der Waals surface area contributed by atoms with Gasteiger partial charge in [0.25, 0.3) is 5.91 Å². The van der Waals surface area contributed by atoms with Crippen molar-refractivity contribution in [2.24, 2.45) is 0 Å².